The van der Waals surface area contributed by atoms with Crippen LogP contribution in [0.25, 0.3) is 10.8 Å². The van der Waals surface area contributed by atoms with Gasteiger partial charge in [-0.2, -0.15) is 5.10 Å². The van der Waals surface area contributed by atoms with Crippen molar-refractivity contribution in [3.8, 4) is 5.75 Å². The summed E-state index contributed by atoms with van der Waals surface area (Å²) in [6.07, 6.45) is 3.48. The molecule has 158 valence electrons. The fraction of sp³-hybridized carbons (Fsp3) is 0.240. The molecule has 0 N–H and O–H groups in total. The highest BCUT2D eigenvalue weighted by Gasteiger charge is 2.37. The summed E-state index contributed by atoms with van der Waals surface area (Å²) in [7, 11) is 1.64. The quantitative estimate of drug-likeness (QED) is 0.368. The van der Waals surface area contributed by atoms with Crippen molar-refractivity contribution in [3.63, 3.8) is 0 Å². The van der Waals surface area contributed by atoms with Gasteiger partial charge in [-0.15, -0.1) is 5.10 Å². The Morgan fingerprint density at radius 3 is 2.61 bits per heavy atom. The van der Waals surface area contributed by atoms with E-state index < -0.39 is 0 Å². The second-order valence-corrected chi connectivity index (χ2v) is 8.53. The number of thioether (sulfide) groups is 1. The monoisotopic (exact) mass is 431 g/mol. The Hall–Kier alpha value is -3.12. The topological polar surface area (TPSA) is 54.3 Å². The molecule has 0 saturated carbocycles. The highest BCUT2D eigenvalue weighted by Crippen LogP contribution is 2.32. The Kier molecular flexibility index (Phi) is 6.67. The maximum absolute atomic E-state index is 13.1. The summed E-state index contributed by atoms with van der Waals surface area (Å²) in [5, 5.41) is 11.6. The van der Waals surface area contributed by atoms with E-state index in [1.807, 2.05) is 42.5 Å². The van der Waals surface area contributed by atoms with Crippen LogP contribution in [0.5, 0.6) is 5.75 Å². The Morgan fingerprint density at radius 1 is 1.06 bits per heavy atom. The van der Waals surface area contributed by atoms with Gasteiger partial charge < -0.3 is 4.74 Å². The highest BCUT2D eigenvalue weighted by atomic mass is 32.2. The standard InChI is InChI=1S/C25H25N3O2S/c1-3-7-23-24(29)28(17-20-10-6-9-19-8-4-5-11-22(19)20)25(31-23)27-26-16-18-12-14-21(30-2)15-13-18/h4-6,8-16,23H,3,7,17H2,1-2H3/b26-16-,27-25-/t23-/m0/s1. The lowest BCUT2D eigenvalue weighted by atomic mass is 10.0. The molecule has 31 heavy (non-hydrogen) atoms. The number of amidine groups is 1. The predicted octanol–water partition coefficient (Wildman–Crippen LogP) is 5.48. The number of amides is 1. The van der Waals surface area contributed by atoms with Gasteiger partial charge in [-0.25, -0.2) is 0 Å². The van der Waals surface area contributed by atoms with Crippen LogP contribution >= 0.6 is 11.8 Å². The molecule has 0 unspecified atom stereocenters. The van der Waals surface area contributed by atoms with Gasteiger partial charge in [0, 0.05) is 0 Å². The Balaban J connectivity index is 1.60. The molecule has 3 aromatic rings. The van der Waals surface area contributed by atoms with Crippen molar-refractivity contribution in [3.05, 3.63) is 77.9 Å². The van der Waals surface area contributed by atoms with E-state index in [0.29, 0.717) is 11.7 Å². The first-order valence-corrected chi connectivity index (χ1v) is 11.3. The molecule has 0 spiro atoms. The van der Waals surface area contributed by atoms with Crippen molar-refractivity contribution in [1.29, 1.82) is 0 Å². The average molecular weight is 432 g/mol. The molecule has 1 fully saturated rings. The normalized spacial score (nSPS) is 17.9. The molecule has 6 heteroatoms. The minimum absolute atomic E-state index is 0.102. The van der Waals surface area contributed by atoms with Crippen molar-refractivity contribution < 1.29 is 9.53 Å². The summed E-state index contributed by atoms with van der Waals surface area (Å²) in [4.78, 5) is 14.9. The summed E-state index contributed by atoms with van der Waals surface area (Å²) in [5.41, 5.74) is 2.03. The second-order valence-electron chi connectivity index (χ2n) is 7.36. The van der Waals surface area contributed by atoms with Crippen LogP contribution in [0.3, 0.4) is 0 Å². The molecule has 1 atom stereocenters. The van der Waals surface area contributed by atoms with Gasteiger partial charge >= 0.3 is 0 Å². The highest BCUT2D eigenvalue weighted by molar-refractivity contribution is 8.15. The molecule has 3 aromatic carbocycles. The lowest BCUT2D eigenvalue weighted by Gasteiger charge is -2.17. The average Bonchev–Trinajstić information content (AvgIpc) is 3.09. The van der Waals surface area contributed by atoms with E-state index in [9.17, 15) is 4.79 Å². The van der Waals surface area contributed by atoms with Crippen molar-refractivity contribution in [2.24, 2.45) is 10.2 Å². The molecule has 0 bridgehead atoms. The lowest BCUT2D eigenvalue weighted by molar-refractivity contribution is -0.126. The molecule has 5 nitrogen and oxygen atoms in total. The number of hydrogen-bond donors (Lipinski definition) is 0. The molecule has 4 rings (SSSR count). The van der Waals surface area contributed by atoms with Crippen molar-refractivity contribution in [2.75, 3.05) is 7.11 Å². The summed E-state index contributed by atoms with van der Waals surface area (Å²) < 4.78 is 5.18. The number of methoxy groups -OCH3 is 1. The van der Waals surface area contributed by atoms with Crippen LogP contribution in [0.2, 0.25) is 0 Å². The Bertz CT molecular complexity index is 1120. The van der Waals surface area contributed by atoms with E-state index in [4.69, 9.17) is 4.74 Å². The van der Waals surface area contributed by atoms with Gasteiger partial charge in [0.05, 0.1) is 25.1 Å². The molecule has 1 heterocycles. The number of carbonyl (C=O) groups is 1. The van der Waals surface area contributed by atoms with Gasteiger partial charge in [0.25, 0.3) is 0 Å². The third kappa shape index (κ3) is 4.80. The summed E-state index contributed by atoms with van der Waals surface area (Å²) >= 11 is 1.51. The van der Waals surface area contributed by atoms with Crippen LogP contribution in [0, 0.1) is 0 Å². The third-order valence-corrected chi connectivity index (χ3v) is 6.48. The van der Waals surface area contributed by atoms with Gasteiger partial charge in [0.1, 0.15) is 5.75 Å². The molecular weight excluding hydrogens is 406 g/mol. The molecule has 1 saturated heterocycles. The van der Waals surface area contributed by atoms with Gasteiger partial charge in [0.15, 0.2) is 5.17 Å². The predicted molar refractivity (Wildman–Crippen MR) is 129 cm³/mol. The molecule has 0 radical (unpaired) electrons. The van der Waals surface area contributed by atoms with E-state index in [1.165, 1.54) is 17.1 Å². The molecular formula is C25H25N3O2S. The molecule has 0 aromatic heterocycles. The van der Waals surface area contributed by atoms with E-state index in [2.05, 4.69) is 41.4 Å². The fourth-order valence-electron chi connectivity index (χ4n) is 3.61. The number of fused-ring (bicyclic) bond motifs is 1. The first kappa shape index (κ1) is 21.1. The number of benzene rings is 3. The maximum atomic E-state index is 13.1. The third-order valence-electron chi connectivity index (χ3n) is 5.25. The van der Waals surface area contributed by atoms with Crippen LogP contribution in [0.4, 0.5) is 0 Å². The fourth-order valence-corrected chi connectivity index (χ4v) is 4.82. The Labute approximate surface area is 186 Å². The van der Waals surface area contributed by atoms with Gasteiger partial charge in [0.2, 0.25) is 5.91 Å². The van der Waals surface area contributed by atoms with E-state index in [0.717, 1.165) is 35.1 Å². The summed E-state index contributed by atoms with van der Waals surface area (Å²) in [5.74, 6) is 0.905. The van der Waals surface area contributed by atoms with Gasteiger partial charge in [-0.3, -0.25) is 9.69 Å². The largest absolute Gasteiger partial charge is 0.497 e. The van der Waals surface area contributed by atoms with Crippen LogP contribution < -0.4 is 4.74 Å². The van der Waals surface area contributed by atoms with E-state index in [-0.39, 0.29) is 11.2 Å². The van der Waals surface area contributed by atoms with E-state index in [1.54, 1.807) is 18.2 Å². The van der Waals surface area contributed by atoms with Crippen LogP contribution in [-0.4, -0.2) is 34.5 Å². The molecule has 1 amide bonds. The zero-order chi connectivity index (χ0) is 21.6. The minimum Gasteiger partial charge on any atom is -0.497 e. The SMILES string of the molecule is CCC[C@@H]1S/C(=N\N=C/c2ccc(OC)cc2)N(Cc2cccc3ccccc23)C1=O. The Morgan fingerprint density at radius 2 is 1.84 bits per heavy atom. The first-order chi connectivity index (χ1) is 15.2. The number of nitrogens with zero attached hydrogens (tertiary/aromatic N) is 3. The van der Waals surface area contributed by atoms with E-state index >= 15 is 0 Å². The lowest BCUT2D eigenvalue weighted by Crippen LogP contribution is -2.31. The summed E-state index contributed by atoms with van der Waals surface area (Å²) in [6, 6.07) is 22.0. The van der Waals surface area contributed by atoms with Crippen LogP contribution in [-0.2, 0) is 11.3 Å². The van der Waals surface area contributed by atoms with Crippen molar-refractivity contribution >= 4 is 39.8 Å². The van der Waals surface area contributed by atoms with Crippen LogP contribution in [0.1, 0.15) is 30.9 Å². The number of carbonyl (C=O) groups excluding carboxylic acids is 1. The number of rotatable bonds is 7. The zero-order valence-electron chi connectivity index (χ0n) is 17.7. The first-order valence-electron chi connectivity index (χ1n) is 10.4. The molecule has 1 aliphatic rings. The zero-order valence-corrected chi connectivity index (χ0v) is 18.5. The molecule has 0 aliphatic carbocycles. The van der Waals surface area contributed by atoms with Gasteiger partial charge in [-0.05, 0) is 52.6 Å². The van der Waals surface area contributed by atoms with Crippen molar-refractivity contribution in [2.45, 2.75) is 31.6 Å². The smallest absolute Gasteiger partial charge is 0.242 e. The van der Waals surface area contributed by atoms with Gasteiger partial charge in [-0.1, -0.05) is 67.6 Å². The maximum Gasteiger partial charge on any atom is 0.242 e. The number of ether oxygens (including phenoxy) is 1. The van der Waals surface area contributed by atoms with Crippen LogP contribution in [0.15, 0.2) is 76.9 Å². The molecule has 1 aliphatic heterocycles. The van der Waals surface area contributed by atoms with Crippen molar-refractivity contribution in [1.82, 2.24) is 4.90 Å². The minimum atomic E-state index is -0.102. The summed E-state index contributed by atoms with van der Waals surface area (Å²) in [6.45, 7) is 2.59. The second kappa shape index (κ2) is 9.79. The number of hydrogen-bond acceptors (Lipinski definition) is 5.